The van der Waals surface area contributed by atoms with Crippen molar-refractivity contribution < 1.29 is 0 Å². The molecule has 0 amide bonds. The highest BCUT2D eigenvalue weighted by Gasteiger charge is 2.19. The van der Waals surface area contributed by atoms with E-state index in [0.717, 1.165) is 11.0 Å². The highest BCUT2D eigenvalue weighted by atomic mass is 79.9. The van der Waals surface area contributed by atoms with E-state index >= 15 is 0 Å². The van der Waals surface area contributed by atoms with E-state index in [1.807, 2.05) is 36.4 Å². The van der Waals surface area contributed by atoms with Gasteiger partial charge in [0, 0.05) is 0 Å². The minimum atomic E-state index is 0.437. The summed E-state index contributed by atoms with van der Waals surface area (Å²) in [5.74, 6) is 1.18. The van der Waals surface area contributed by atoms with Crippen molar-refractivity contribution in [1.29, 1.82) is 0 Å². The monoisotopic (exact) mass is 407 g/mol. The Morgan fingerprint density at radius 3 is 2.61 bits per heavy atom. The van der Waals surface area contributed by atoms with Crippen LogP contribution in [-0.4, -0.2) is 23.3 Å². The maximum Gasteiger partial charge on any atom is 0.205 e. The van der Waals surface area contributed by atoms with Crippen molar-refractivity contribution in [2.24, 2.45) is 0 Å². The minimum Gasteiger partial charge on any atom is -0.277 e. The van der Waals surface area contributed by atoms with E-state index in [-0.39, 0.29) is 0 Å². The van der Waals surface area contributed by atoms with E-state index < -0.39 is 0 Å². The Kier molecular flexibility index (Phi) is 3.60. The molecule has 2 heterocycles. The van der Waals surface area contributed by atoms with Gasteiger partial charge in [-0.1, -0.05) is 41.4 Å². The first-order chi connectivity index (χ1) is 11.2. The predicted octanol–water partition coefficient (Wildman–Crippen LogP) is 4.75. The van der Waals surface area contributed by atoms with Crippen molar-refractivity contribution in [2.75, 3.05) is 0 Å². The molecule has 0 radical (unpaired) electrons. The molecule has 0 atom stereocenters. The molecule has 0 N–H and O–H groups in total. The molecule has 0 spiro atoms. The van der Waals surface area contributed by atoms with Gasteiger partial charge in [0.1, 0.15) is 6.33 Å². The van der Waals surface area contributed by atoms with Crippen LogP contribution in [0.1, 0.15) is 0 Å². The summed E-state index contributed by atoms with van der Waals surface area (Å²) in [7, 11) is 0. The van der Waals surface area contributed by atoms with Crippen LogP contribution in [0.5, 0.6) is 0 Å². The zero-order valence-corrected chi connectivity index (χ0v) is 14.6. The van der Waals surface area contributed by atoms with Crippen molar-refractivity contribution in [1.82, 2.24) is 23.3 Å². The molecule has 114 valence electrons. The van der Waals surface area contributed by atoms with Crippen molar-refractivity contribution in [3.05, 3.63) is 58.8 Å². The van der Waals surface area contributed by atoms with Gasteiger partial charge >= 0.3 is 0 Å². The molecule has 2 aromatic heterocycles. The highest BCUT2D eigenvalue weighted by molar-refractivity contribution is 9.08. The van der Waals surface area contributed by atoms with Gasteiger partial charge in [-0.25, -0.2) is 4.98 Å². The molecule has 0 saturated carbocycles. The molecule has 0 aliphatic heterocycles. The number of imidazole rings is 1. The van der Waals surface area contributed by atoms with Crippen molar-refractivity contribution in [2.45, 2.75) is 0 Å². The molecule has 4 rings (SSSR count). The average Bonchev–Trinajstić information content (AvgIpc) is 3.15. The maximum atomic E-state index is 6.32. The number of rotatable bonds is 2. The van der Waals surface area contributed by atoms with E-state index in [1.165, 1.54) is 0 Å². The quantitative estimate of drug-likeness (QED) is 0.480. The molecular formula is C15H8BrCl2N5. The lowest BCUT2D eigenvalue weighted by Crippen LogP contribution is -2.00. The summed E-state index contributed by atoms with van der Waals surface area (Å²) in [6.07, 6.45) is 1.58. The summed E-state index contributed by atoms with van der Waals surface area (Å²) in [6, 6.07) is 13.2. The topological polar surface area (TPSA) is 48.5 Å². The molecule has 23 heavy (non-hydrogen) atoms. The fourth-order valence-corrected chi connectivity index (χ4v) is 3.30. The lowest BCUT2D eigenvalue weighted by atomic mass is 10.3. The smallest absolute Gasteiger partial charge is 0.205 e. The molecule has 0 unspecified atom stereocenters. The van der Waals surface area contributed by atoms with Crippen molar-refractivity contribution in [3.63, 3.8) is 0 Å². The Labute approximate surface area is 149 Å². The largest absolute Gasteiger partial charge is 0.277 e. The van der Waals surface area contributed by atoms with Crippen LogP contribution in [0.3, 0.4) is 0 Å². The summed E-state index contributed by atoms with van der Waals surface area (Å²) < 4.78 is 3.55. The number of fused-ring (bicyclic) bond motifs is 1. The van der Waals surface area contributed by atoms with Crippen LogP contribution in [-0.2, 0) is 0 Å². The zero-order chi connectivity index (χ0) is 16.0. The van der Waals surface area contributed by atoms with Gasteiger partial charge < -0.3 is 0 Å². The van der Waals surface area contributed by atoms with Gasteiger partial charge in [-0.05, 0) is 24.3 Å². The van der Waals surface area contributed by atoms with Gasteiger partial charge in [0.25, 0.3) is 0 Å². The van der Waals surface area contributed by atoms with E-state index in [4.69, 9.17) is 23.2 Å². The predicted molar refractivity (Wildman–Crippen MR) is 94.4 cm³/mol. The summed E-state index contributed by atoms with van der Waals surface area (Å²) in [6.45, 7) is 0. The number of para-hydroxylation sites is 2. The van der Waals surface area contributed by atoms with Crippen molar-refractivity contribution >= 4 is 50.4 Å². The van der Waals surface area contributed by atoms with Crippen molar-refractivity contribution in [3.8, 4) is 17.3 Å². The highest BCUT2D eigenvalue weighted by Crippen LogP contribution is 2.32. The Morgan fingerprint density at radius 2 is 1.78 bits per heavy atom. The number of benzene rings is 2. The van der Waals surface area contributed by atoms with E-state index in [1.54, 1.807) is 20.6 Å². The normalized spacial score (nSPS) is 11.3. The van der Waals surface area contributed by atoms with Gasteiger partial charge in [-0.2, -0.15) is 0 Å². The Bertz CT molecular complexity index is 1020. The first-order valence-electron chi connectivity index (χ1n) is 6.65. The van der Waals surface area contributed by atoms with E-state index in [9.17, 15) is 0 Å². The summed E-state index contributed by atoms with van der Waals surface area (Å²) in [4.78, 5) is 4.61. The second kappa shape index (κ2) is 5.63. The lowest BCUT2D eigenvalue weighted by Gasteiger charge is -2.08. The van der Waals surface area contributed by atoms with Crippen LogP contribution in [0.15, 0.2) is 48.8 Å². The number of hydrogen-bond donors (Lipinski definition) is 0. The molecule has 2 aromatic carbocycles. The van der Waals surface area contributed by atoms with Gasteiger partial charge in [0.2, 0.25) is 5.82 Å². The molecule has 5 nitrogen and oxygen atoms in total. The number of aromatic nitrogens is 5. The van der Waals surface area contributed by atoms with Crippen LogP contribution in [0.2, 0.25) is 10.0 Å². The lowest BCUT2D eigenvalue weighted by molar-refractivity contribution is 1.04. The molecular weight excluding hydrogens is 401 g/mol. The molecule has 0 saturated heterocycles. The second-order valence-electron chi connectivity index (χ2n) is 4.80. The van der Waals surface area contributed by atoms with Crippen LogP contribution in [0, 0.1) is 0 Å². The Hall–Kier alpha value is -1.89. The van der Waals surface area contributed by atoms with Crippen LogP contribution < -0.4 is 0 Å². The standard InChI is InChI=1S/C15H8BrCl2N5/c16-23-11-6-2-1-5-10(11)20-14(23)15-21-19-8-22(15)12-7-3-4-9(17)13(12)18/h1-8H. The second-order valence-corrected chi connectivity index (χ2v) is 6.30. The Balaban J connectivity index is 1.96. The molecule has 0 fully saturated rings. The third-order valence-corrected chi connectivity index (χ3v) is 4.97. The van der Waals surface area contributed by atoms with Gasteiger partial charge in [0.15, 0.2) is 5.82 Å². The fourth-order valence-electron chi connectivity index (χ4n) is 2.38. The molecule has 0 aliphatic rings. The van der Waals surface area contributed by atoms with E-state index in [0.29, 0.717) is 27.4 Å². The maximum absolute atomic E-state index is 6.32. The van der Waals surface area contributed by atoms with Crippen LogP contribution >= 0.6 is 39.3 Å². The number of halogens is 3. The Morgan fingerprint density at radius 1 is 0.957 bits per heavy atom. The van der Waals surface area contributed by atoms with Gasteiger partial charge in [-0.3, -0.25) is 8.16 Å². The van der Waals surface area contributed by atoms with Crippen LogP contribution in [0.25, 0.3) is 28.4 Å². The third-order valence-electron chi connectivity index (χ3n) is 3.44. The first kappa shape index (κ1) is 14.7. The molecule has 4 aromatic rings. The molecule has 8 heteroatoms. The summed E-state index contributed by atoms with van der Waals surface area (Å²) in [5.41, 5.74) is 2.49. The van der Waals surface area contributed by atoms with Gasteiger partial charge in [0.05, 0.1) is 42.9 Å². The zero-order valence-electron chi connectivity index (χ0n) is 11.5. The SMILES string of the molecule is Clc1cccc(-n2cnnc2-c2nc3ccccc3n2Br)c1Cl. The third kappa shape index (κ3) is 2.34. The minimum absolute atomic E-state index is 0.437. The molecule has 0 bridgehead atoms. The number of nitrogens with zero attached hydrogens (tertiary/aromatic N) is 5. The number of hydrogen-bond acceptors (Lipinski definition) is 3. The first-order valence-corrected chi connectivity index (χ1v) is 8.12. The average molecular weight is 409 g/mol. The van der Waals surface area contributed by atoms with E-state index in [2.05, 4.69) is 31.3 Å². The molecule has 0 aliphatic carbocycles. The van der Waals surface area contributed by atoms with Crippen LogP contribution in [0.4, 0.5) is 0 Å². The summed E-state index contributed by atoms with van der Waals surface area (Å²) in [5, 5.41) is 9.09. The fraction of sp³-hybridized carbons (Fsp3) is 0. The van der Waals surface area contributed by atoms with Gasteiger partial charge in [-0.15, -0.1) is 10.2 Å². The summed E-state index contributed by atoms with van der Waals surface area (Å²) >= 11 is 16.0.